The molecule has 0 aromatic heterocycles. The van der Waals surface area contributed by atoms with Gasteiger partial charge in [0.05, 0.1) is 11.8 Å². The first-order valence-electron chi connectivity index (χ1n) is 6.09. The monoisotopic (exact) mass is 265 g/mol. The highest BCUT2D eigenvalue weighted by Gasteiger charge is 2.65. The van der Waals surface area contributed by atoms with Gasteiger partial charge in [-0.2, -0.15) is 0 Å². The predicted octanol–water partition coefficient (Wildman–Crippen LogP) is 1.80. The van der Waals surface area contributed by atoms with E-state index in [1.165, 1.54) is 6.07 Å². The van der Waals surface area contributed by atoms with Gasteiger partial charge in [0.15, 0.2) is 0 Å². The number of nitrogens with one attached hydrogen (secondary N) is 1. The Morgan fingerprint density at radius 2 is 1.95 bits per heavy atom. The lowest BCUT2D eigenvalue weighted by Gasteiger charge is -2.06. The van der Waals surface area contributed by atoms with E-state index < -0.39 is 23.2 Å². The molecule has 0 spiro atoms. The Morgan fingerprint density at radius 1 is 1.32 bits per heavy atom. The van der Waals surface area contributed by atoms with E-state index in [1.54, 1.807) is 32.0 Å². The zero-order chi connectivity index (χ0) is 14.2. The van der Waals surface area contributed by atoms with Gasteiger partial charge in [-0.25, -0.2) is 4.39 Å². The average molecular weight is 265 g/mol. The summed E-state index contributed by atoms with van der Waals surface area (Å²) >= 11 is 0. The molecule has 5 heteroatoms. The molecular weight excluding hydrogens is 249 g/mol. The van der Waals surface area contributed by atoms with Gasteiger partial charge >= 0.3 is 5.97 Å². The summed E-state index contributed by atoms with van der Waals surface area (Å²) in [7, 11) is 0. The van der Waals surface area contributed by atoms with E-state index in [4.69, 9.17) is 5.11 Å². The molecular formula is C14H16FNO3. The topological polar surface area (TPSA) is 66.4 Å². The molecule has 2 atom stereocenters. The van der Waals surface area contributed by atoms with Crippen molar-refractivity contribution in [1.82, 2.24) is 5.32 Å². The first-order valence-corrected chi connectivity index (χ1v) is 6.09. The highest BCUT2D eigenvalue weighted by Crippen LogP contribution is 2.58. The average Bonchev–Trinajstić information content (AvgIpc) is 2.91. The minimum atomic E-state index is -0.962. The van der Waals surface area contributed by atoms with E-state index in [-0.39, 0.29) is 18.3 Å². The second kappa shape index (κ2) is 4.64. The fourth-order valence-corrected chi connectivity index (χ4v) is 2.52. The Kier molecular flexibility index (Phi) is 3.30. The second-order valence-corrected chi connectivity index (χ2v) is 5.42. The molecule has 2 unspecified atom stereocenters. The lowest BCUT2D eigenvalue weighted by molar-refractivity contribution is -0.140. The molecule has 1 aromatic carbocycles. The normalized spacial score (nSPS) is 23.7. The van der Waals surface area contributed by atoms with Crippen molar-refractivity contribution in [3.8, 4) is 0 Å². The maximum Gasteiger partial charge on any atom is 0.307 e. The van der Waals surface area contributed by atoms with Crippen LogP contribution in [0.15, 0.2) is 24.3 Å². The van der Waals surface area contributed by atoms with Crippen molar-refractivity contribution < 1.29 is 19.1 Å². The van der Waals surface area contributed by atoms with E-state index in [0.29, 0.717) is 5.56 Å². The number of carbonyl (C=O) groups excluding carboxylic acids is 1. The molecule has 1 aliphatic rings. The van der Waals surface area contributed by atoms with Gasteiger partial charge in [0.2, 0.25) is 5.91 Å². The molecule has 0 aliphatic heterocycles. The van der Waals surface area contributed by atoms with E-state index in [1.807, 2.05) is 0 Å². The molecule has 1 aromatic rings. The van der Waals surface area contributed by atoms with Crippen molar-refractivity contribution in [2.45, 2.75) is 20.4 Å². The van der Waals surface area contributed by atoms with Crippen LogP contribution in [0.4, 0.5) is 4.39 Å². The van der Waals surface area contributed by atoms with Gasteiger partial charge in [0.25, 0.3) is 0 Å². The number of halogens is 1. The highest BCUT2D eigenvalue weighted by atomic mass is 19.1. The van der Waals surface area contributed by atoms with Crippen LogP contribution >= 0.6 is 0 Å². The van der Waals surface area contributed by atoms with E-state index in [2.05, 4.69) is 5.32 Å². The molecule has 2 rings (SSSR count). The van der Waals surface area contributed by atoms with Crippen molar-refractivity contribution in [3.63, 3.8) is 0 Å². The molecule has 1 fully saturated rings. The van der Waals surface area contributed by atoms with E-state index >= 15 is 0 Å². The Bertz CT molecular complexity index is 527. The Hall–Kier alpha value is -1.91. The van der Waals surface area contributed by atoms with Crippen molar-refractivity contribution in [1.29, 1.82) is 0 Å². The van der Waals surface area contributed by atoms with Crippen LogP contribution in [0.3, 0.4) is 0 Å². The number of aliphatic carboxylic acids is 1. The molecule has 1 aliphatic carbocycles. The molecule has 0 heterocycles. The van der Waals surface area contributed by atoms with Crippen LogP contribution in [-0.2, 0) is 16.1 Å². The second-order valence-electron chi connectivity index (χ2n) is 5.42. The SMILES string of the molecule is CC1(C)C(C(=O)O)C1C(=O)NCc1ccccc1F. The smallest absolute Gasteiger partial charge is 0.307 e. The minimum absolute atomic E-state index is 0.0738. The fourth-order valence-electron chi connectivity index (χ4n) is 2.52. The van der Waals surface area contributed by atoms with Crippen molar-refractivity contribution >= 4 is 11.9 Å². The molecule has 0 saturated heterocycles. The molecule has 0 bridgehead atoms. The maximum atomic E-state index is 13.4. The van der Waals surface area contributed by atoms with Crippen LogP contribution < -0.4 is 5.32 Å². The van der Waals surface area contributed by atoms with E-state index in [9.17, 15) is 14.0 Å². The maximum absolute atomic E-state index is 13.4. The first kappa shape index (κ1) is 13.5. The lowest BCUT2D eigenvalue weighted by Crippen LogP contribution is -2.27. The van der Waals surface area contributed by atoms with Gasteiger partial charge in [-0.3, -0.25) is 9.59 Å². The van der Waals surface area contributed by atoms with Gasteiger partial charge in [0, 0.05) is 12.1 Å². The van der Waals surface area contributed by atoms with Crippen LogP contribution in [0.5, 0.6) is 0 Å². The molecule has 19 heavy (non-hydrogen) atoms. The van der Waals surface area contributed by atoms with Gasteiger partial charge in [0.1, 0.15) is 5.82 Å². The van der Waals surface area contributed by atoms with Crippen LogP contribution in [-0.4, -0.2) is 17.0 Å². The Labute approximate surface area is 110 Å². The summed E-state index contributed by atoms with van der Waals surface area (Å²) in [5, 5.41) is 11.6. The summed E-state index contributed by atoms with van der Waals surface area (Å²) in [6, 6.07) is 6.17. The van der Waals surface area contributed by atoms with Crippen LogP contribution in [0.25, 0.3) is 0 Å². The van der Waals surface area contributed by atoms with Gasteiger partial charge in [-0.1, -0.05) is 32.0 Å². The lowest BCUT2D eigenvalue weighted by atomic mass is 10.1. The molecule has 1 saturated carbocycles. The van der Waals surface area contributed by atoms with Crippen LogP contribution in [0.2, 0.25) is 0 Å². The van der Waals surface area contributed by atoms with E-state index in [0.717, 1.165) is 0 Å². The third-order valence-electron chi connectivity index (χ3n) is 3.79. The molecule has 0 radical (unpaired) electrons. The number of carboxylic acids is 1. The minimum Gasteiger partial charge on any atom is -0.481 e. The number of amides is 1. The number of rotatable bonds is 4. The first-order chi connectivity index (χ1) is 8.85. The predicted molar refractivity (Wildman–Crippen MR) is 66.6 cm³/mol. The number of benzene rings is 1. The van der Waals surface area contributed by atoms with Crippen LogP contribution in [0, 0.1) is 23.1 Å². The Balaban J connectivity index is 1.97. The summed E-state index contributed by atoms with van der Waals surface area (Å²) in [5.74, 6) is -2.88. The molecule has 4 nitrogen and oxygen atoms in total. The zero-order valence-electron chi connectivity index (χ0n) is 10.8. The third kappa shape index (κ3) is 2.45. The zero-order valence-corrected chi connectivity index (χ0v) is 10.8. The summed E-state index contributed by atoms with van der Waals surface area (Å²) in [5.41, 5.74) is -0.147. The van der Waals surface area contributed by atoms with Gasteiger partial charge in [-0.05, 0) is 11.5 Å². The van der Waals surface area contributed by atoms with Crippen molar-refractivity contribution in [2.24, 2.45) is 17.3 Å². The Morgan fingerprint density at radius 3 is 2.47 bits per heavy atom. The number of hydrogen-bond acceptors (Lipinski definition) is 2. The van der Waals surface area contributed by atoms with Gasteiger partial charge in [-0.15, -0.1) is 0 Å². The van der Waals surface area contributed by atoms with Crippen molar-refractivity contribution in [2.75, 3.05) is 0 Å². The van der Waals surface area contributed by atoms with Gasteiger partial charge < -0.3 is 10.4 Å². The molecule has 102 valence electrons. The fraction of sp³-hybridized carbons (Fsp3) is 0.429. The molecule has 2 N–H and O–H groups in total. The van der Waals surface area contributed by atoms with Crippen molar-refractivity contribution in [3.05, 3.63) is 35.6 Å². The third-order valence-corrected chi connectivity index (χ3v) is 3.79. The number of carbonyl (C=O) groups is 2. The summed E-state index contributed by atoms with van der Waals surface area (Å²) in [4.78, 5) is 22.9. The molecule has 1 amide bonds. The standard InChI is InChI=1S/C14H16FNO3/c1-14(2)10(11(14)13(18)19)12(17)16-7-8-5-3-4-6-9(8)15/h3-6,10-11H,7H2,1-2H3,(H,16,17)(H,18,19). The summed E-state index contributed by atoms with van der Waals surface area (Å²) in [6.45, 7) is 3.57. The van der Waals surface area contributed by atoms with Crippen LogP contribution in [0.1, 0.15) is 19.4 Å². The summed E-state index contributed by atoms with van der Waals surface area (Å²) in [6.07, 6.45) is 0. The highest BCUT2D eigenvalue weighted by molar-refractivity contribution is 5.91. The summed E-state index contributed by atoms with van der Waals surface area (Å²) < 4.78 is 13.4. The number of carboxylic acid groups (broad SMARTS) is 1. The quantitative estimate of drug-likeness (QED) is 0.872. The largest absolute Gasteiger partial charge is 0.481 e. The number of hydrogen-bond donors (Lipinski definition) is 2.